The van der Waals surface area contributed by atoms with Gasteiger partial charge in [-0.15, -0.1) is 0 Å². The van der Waals surface area contributed by atoms with E-state index in [0.29, 0.717) is 5.92 Å². The molecule has 1 aliphatic rings. The molecule has 0 spiro atoms. The standard InChI is InChI=1S/C16H24N4O/c1-3-9-21-12-13-6-8-19(11-13)16-10-14(4-2)18-15-5-7-17-20(15)16/h5,7,10,13H,3-4,6,8-9,11-12H2,1-2H3. The largest absolute Gasteiger partial charge is 0.381 e. The minimum atomic E-state index is 0.625. The van der Waals surface area contributed by atoms with Gasteiger partial charge in [-0.05, 0) is 19.3 Å². The van der Waals surface area contributed by atoms with Crippen molar-refractivity contribution in [1.82, 2.24) is 14.6 Å². The normalized spacial score (nSPS) is 18.8. The van der Waals surface area contributed by atoms with Crippen molar-refractivity contribution in [3.8, 4) is 0 Å². The van der Waals surface area contributed by atoms with Crippen molar-refractivity contribution in [2.75, 3.05) is 31.2 Å². The number of hydrogen-bond acceptors (Lipinski definition) is 4. The van der Waals surface area contributed by atoms with Crippen molar-refractivity contribution in [2.45, 2.75) is 33.1 Å². The summed E-state index contributed by atoms with van der Waals surface area (Å²) in [5.74, 6) is 1.79. The molecule has 3 heterocycles. The topological polar surface area (TPSA) is 42.7 Å². The molecule has 5 nitrogen and oxygen atoms in total. The zero-order valence-electron chi connectivity index (χ0n) is 13.0. The molecule has 1 saturated heterocycles. The second-order valence-corrected chi connectivity index (χ2v) is 5.74. The minimum absolute atomic E-state index is 0.625. The Morgan fingerprint density at radius 1 is 1.38 bits per heavy atom. The molecule has 5 heteroatoms. The van der Waals surface area contributed by atoms with Crippen LogP contribution in [0.4, 0.5) is 5.82 Å². The van der Waals surface area contributed by atoms with Gasteiger partial charge in [0.25, 0.3) is 0 Å². The van der Waals surface area contributed by atoms with Crippen molar-refractivity contribution in [2.24, 2.45) is 5.92 Å². The molecule has 0 bridgehead atoms. The van der Waals surface area contributed by atoms with E-state index in [9.17, 15) is 0 Å². The summed E-state index contributed by atoms with van der Waals surface area (Å²) in [4.78, 5) is 7.03. The number of aryl methyl sites for hydroxylation is 1. The molecule has 0 aliphatic carbocycles. The fraction of sp³-hybridized carbons (Fsp3) is 0.625. The SMILES string of the molecule is CCCOCC1CCN(c2cc(CC)nc3ccnn23)C1. The smallest absolute Gasteiger partial charge is 0.157 e. The molecule has 0 N–H and O–H groups in total. The van der Waals surface area contributed by atoms with Gasteiger partial charge in [-0.2, -0.15) is 9.61 Å². The van der Waals surface area contributed by atoms with Gasteiger partial charge in [0.2, 0.25) is 0 Å². The summed E-state index contributed by atoms with van der Waals surface area (Å²) in [7, 11) is 0. The predicted octanol–water partition coefficient (Wildman–Crippen LogP) is 2.54. The summed E-state index contributed by atoms with van der Waals surface area (Å²) in [5, 5.41) is 4.42. The third-order valence-corrected chi connectivity index (χ3v) is 4.07. The average molecular weight is 288 g/mol. The van der Waals surface area contributed by atoms with E-state index in [1.54, 1.807) is 0 Å². The molecule has 0 radical (unpaired) electrons. The maximum absolute atomic E-state index is 5.71. The molecule has 21 heavy (non-hydrogen) atoms. The van der Waals surface area contributed by atoms with E-state index in [1.165, 1.54) is 12.2 Å². The number of hydrogen-bond donors (Lipinski definition) is 0. The lowest BCUT2D eigenvalue weighted by molar-refractivity contribution is 0.106. The fourth-order valence-corrected chi connectivity index (χ4v) is 2.92. The second-order valence-electron chi connectivity index (χ2n) is 5.74. The zero-order chi connectivity index (χ0) is 14.7. The average Bonchev–Trinajstić information content (AvgIpc) is 3.15. The van der Waals surface area contributed by atoms with Crippen molar-refractivity contribution < 1.29 is 4.74 Å². The van der Waals surface area contributed by atoms with Gasteiger partial charge in [-0.25, -0.2) is 4.98 Å². The Kier molecular flexibility index (Phi) is 4.39. The molecule has 2 aromatic heterocycles. The summed E-state index contributed by atoms with van der Waals surface area (Å²) in [5.41, 5.74) is 2.07. The summed E-state index contributed by atoms with van der Waals surface area (Å²) >= 11 is 0. The Balaban J connectivity index is 1.76. The third kappa shape index (κ3) is 3.02. The summed E-state index contributed by atoms with van der Waals surface area (Å²) in [6.07, 6.45) is 5.06. The highest BCUT2D eigenvalue weighted by Crippen LogP contribution is 2.25. The Hall–Kier alpha value is -1.62. The molecular formula is C16H24N4O. The van der Waals surface area contributed by atoms with Crippen LogP contribution in [0.5, 0.6) is 0 Å². The van der Waals surface area contributed by atoms with Crippen molar-refractivity contribution >= 4 is 11.5 Å². The molecule has 0 aromatic carbocycles. The number of aromatic nitrogens is 3. The molecule has 1 atom stereocenters. The van der Waals surface area contributed by atoms with Crippen LogP contribution in [0.3, 0.4) is 0 Å². The highest BCUT2D eigenvalue weighted by atomic mass is 16.5. The van der Waals surface area contributed by atoms with Gasteiger partial charge in [-0.3, -0.25) is 0 Å². The molecule has 1 fully saturated rings. The Morgan fingerprint density at radius 3 is 3.10 bits per heavy atom. The Morgan fingerprint density at radius 2 is 2.29 bits per heavy atom. The lowest BCUT2D eigenvalue weighted by Crippen LogP contribution is -2.24. The predicted molar refractivity (Wildman–Crippen MR) is 83.8 cm³/mol. The van der Waals surface area contributed by atoms with E-state index in [0.717, 1.165) is 50.5 Å². The van der Waals surface area contributed by atoms with Gasteiger partial charge in [0.05, 0.1) is 12.8 Å². The van der Waals surface area contributed by atoms with Crippen LogP contribution < -0.4 is 4.90 Å². The highest BCUT2D eigenvalue weighted by molar-refractivity contribution is 5.51. The lowest BCUT2D eigenvalue weighted by Gasteiger charge is -2.20. The third-order valence-electron chi connectivity index (χ3n) is 4.07. The molecule has 0 amide bonds. The molecule has 1 unspecified atom stereocenters. The van der Waals surface area contributed by atoms with Crippen LogP contribution >= 0.6 is 0 Å². The molecule has 2 aromatic rings. The first-order valence-electron chi connectivity index (χ1n) is 7.98. The van der Waals surface area contributed by atoms with Crippen molar-refractivity contribution in [3.63, 3.8) is 0 Å². The van der Waals surface area contributed by atoms with Gasteiger partial charge in [0.1, 0.15) is 5.82 Å². The number of nitrogens with zero attached hydrogens (tertiary/aromatic N) is 4. The minimum Gasteiger partial charge on any atom is -0.381 e. The molecule has 0 saturated carbocycles. The zero-order valence-corrected chi connectivity index (χ0v) is 13.0. The first-order chi connectivity index (χ1) is 10.3. The van der Waals surface area contributed by atoms with Crippen LogP contribution in [0, 0.1) is 5.92 Å². The van der Waals surface area contributed by atoms with Crippen LogP contribution in [0.25, 0.3) is 5.65 Å². The maximum atomic E-state index is 5.71. The Labute approximate surface area is 125 Å². The van der Waals surface area contributed by atoms with Crippen LogP contribution in [0.1, 0.15) is 32.4 Å². The highest BCUT2D eigenvalue weighted by Gasteiger charge is 2.25. The van der Waals surface area contributed by atoms with Crippen molar-refractivity contribution in [3.05, 3.63) is 24.0 Å². The Bertz CT molecular complexity index is 595. The van der Waals surface area contributed by atoms with Gasteiger partial charge in [0.15, 0.2) is 5.65 Å². The van der Waals surface area contributed by atoms with E-state index in [4.69, 9.17) is 4.74 Å². The number of fused-ring (bicyclic) bond motifs is 1. The van der Waals surface area contributed by atoms with E-state index in [-0.39, 0.29) is 0 Å². The lowest BCUT2D eigenvalue weighted by atomic mass is 10.1. The van der Waals surface area contributed by atoms with Crippen LogP contribution in [0.2, 0.25) is 0 Å². The molecule has 114 valence electrons. The maximum Gasteiger partial charge on any atom is 0.157 e. The first kappa shape index (κ1) is 14.3. The van der Waals surface area contributed by atoms with Gasteiger partial charge < -0.3 is 9.64 Å². The van der Waals surface area contributed by atoms with Crippen LogP contribution in [-0.4, -0.2) is 40.9 Å². The van der Waals surface area contributed by atoms with Gasteiger partial charge in [-0.1, -0.05) is 13.8 Å². The molecular weight excluding hydrogens is 264 g/mol. The van der Waals surface area contributed by atoms with E-state index in [2.05, 4.69) is 34.9 Å². The number of ether oxygens (including phenoxy) is 1. The summed E-state index contributed by atoms with van der Waals surface area (Å²) < 4.78 is 7.66. The first-order valence-corrected chi connectivity index (χ1v) is 7.98. The van der Waals surface area contributed by atoms with Gasteiger partial charge in [0, 0.05) is 43.4 Å². The number of rotatable bonds is 6. The van der Waals surface area contributed by atoms with Crippen LogP contribution in [0.15, 0.2) is 18.3 Å². The quantitative estimate of drug-likeness (QED) is 0.766. The van der Waals surface area contributed by atoms with E-state index >= 15 is 0 Å². The summed E-state index contributed by atoms with van der Waals surface area (Å²) in [6.45, 7) is 8.16. The molecule has 3 rings (SSSR count). The van der Waals surface area contributed by atoms with E-state index in [1.807, 2.05) is 16.8 Å². The second kappa shape index (κ2) is 6.43. The number of anilines is 1. The van der Waals surface area contributed by atoms with Crippen LogP contribution in [-0.2, 0) is 11.2 Å². The van der Waals surface area contributed by atoms with Gasteiger partial charge >= 0.3 is 0 Å². The fourth-order valence-electron chi connectivity index (χ4n) is 2.92. The monoisotopic (exact) mass is 288 g/mol. The summed E-state index contributed by atoms with van der Waals surface area (Å²) in [6, 6.07) is 4.15. The molecule has 1 aliphatic heterocycles. The van der Waals surface area contributed by atoms with E-state index < -0.39 is 0 Å². The van der Waals surface area contributed by atoms with Crippen molar-refractivity contribution in [1.29, 1.82) is 0 Å².